The van der Waals surface area contributed by atoms with Crippen LogP contribution in [0.25, 0.3) is 0 Å². The zero-order valence-electron chi connectivity index (χ0n) is 8.77. The first kappa shape index (κ1) is 10.7. The molecule has 0 saturated carbocycles. The number of carboxylic acids is 1. The Hall–Kier alpha value is -1.85. The Kier molecular flexibility index (Phi) is 2.89. The molecular weight excluding hydrogens is 210 g/mol. The molecule has 0 bridgehead atoms. The molecular formula is C10H13N3O3. The van der Waals surface area contributed by atoms with Gasteiger partial charge in [0.05, 0.1) is 6.33 Å². The number of H-pyrrole nitrogens is 1. The van der Waals surface area contributed by atoms with Gasteiger partial charge in [0.1, 0.15) is 0 Å². The molecule has 0 spiro atoms. The zero-order chi connectivity index (χ0) is 11.5. The van der Waals surface area contributed by atoms with Gasteiger partial charge in [-0.2, -0.15) is 0 Å². The summed E-state index contributed by atoms with van der Waals surface area (Å²) in [5.74, 6) is -1.45. The van der Waals surface area contributed by atoms with Crippen LogP contribution in [0, 0.1) is 0 Å². The number of hydrogen-bond acceptors (Lipinski definition) is 3. The molecule has 0 atom stereocenters. The molecule has 6 heteroatoms. The number of nitrogens with zero attached hydrogens (tertiary/aromatic N) is 2. The van der Waals surface area contributed by atoms with Crippen LogP contribution in [-0.2, 0) is 0 Å². The second kappa shape index (κ2) is 4.34. The number of amides is 1. The van der Waals surface area contributed by atoms with Gasteiger partial charge in [0, 0.05) is 13.1 Å². The van der Waals surface area contributed by atoms with E-state index in [1.54, 1.807) is 4.90 Å². The third-order valence-electron chi connectivity index (χ3n) is 2.70. The lowest BCUT2D eigenvalue weighted by Crippen LogP contribution is -2.36. The highest BCUT2D eigenvalue weighted by atomic mass is 16.4. The predicted octanol–water partition coefficient (Wildman–Crippen LogP) is 0.734. The predicted molar refractivity (Wildman–Crippen MR) is 55.3 cm³/mol. The van der Waals surface area contributed by atoms with Crippen molar-refractivity contribution >= 4 is 11.9 Å². The van der Waals surface area contributed by atoms with Crippen molar-refractivity contribution in [2.24, 2.45) is 0 Å². The Morgan fingerprint density at radius 1 is 1.31 bits per heavy atom. The van der Waals surface area contributed by atoms with E-state index < -0.39 is 5.97 Å². The Morgan fingerprint density at radius 3 is 2.62 bits per heavy atom. The van der Waals surface area contributed by atoms with E-state index in [2.05, 4.69) is 9.97 Å². The summed E-state index contributed by atoms with van der Waals surface area (Å²) in [4.78, 5) is 30.7. The van der Waals surface area contributed by atoms with Crippen LogP contribution in [-0.4, -0.2) is 44.9 Å². The summed E-state index contributed by atoms with van der Waals surface area (Å²) in [6.45, 7) is 1.37. The largest absolute Gasteiger partial charge is 0.477 e. The van der Waals surface area contributed by atoms with Crippen molar-refractivity contribution in [1.29, 1.82) is 0 Å². The highest BCUT2D eigenvalue weighted by Gasteiger charge is 2.25. The van der Waals surface area contributed by atoms with E-state index in [0.717, 1.165) is 19.3 Å². The number of aromatic carboxylic acids is 1. The number of piperidine rings is 1. The molecule has 16 heavy (non-hydrogen) atoms. The lowest BCUT2D eigenvalue weighted by molar-refractivity contribution is 0.0659. The molecule has 0 unspecified atom stereocenters. The number of aromatic nitrogens is 2. The van der Waals surface area contributed by atoms with E-state index in [1.165, 1.54) is 6.33 Å². The van der Waals surface area contributed by atoms with Gasteiger partial charge in [-0.05, 0) is 19.3 Å². The van der Waals surface area contributed by atoms with E-state index in [0.29, 0.717) is 13.1 Å². The van der Waals surface area contributed by atoms with Crippen LogP contribution >= 0.6 is 0 Å². The first-order valence-corrected chi connectivity index (χ1v) is 5.26. The van der Waals surface area contributed by atoms with Crippen molar-refractivity contribution in [2.45, 2.75) is 19.3 Å². The number of nitrogens with one attached hydrogen (secondary N) is 1. The Morgan fingerprint density at radius 2 is 2.00 bits per heavy atom. The fourth-order valence-corrected chi connectivity index (χ4v) is 1.87. The number of carbonyl (C=O) groups is 2. The topological polar surface area (TPSA) is 86.3 Å². The number of hydrogen-bond donors (Lipinski definition) is 2. The number of likely N-dealkylation sites (tertiary alicyclic amines) is 1. The fraction of sp³-hybridized carbons (Fsp3) is 0.500. The van der Waals surface area contributed by atoms with Crippen LogP contribution in [0.2, 0.25) is 0 Å². The van der Waals surface area contributed by atoms with Gasteiger partial charge in [-0.3, -0.25) is 4.79 Å². The molecule has 1 aliphatic heterocycles. The lowest BCUT2D eigenvalue weighted by atomic mass is 10.1. The molecule has 2 rings (SSSR count). The second-order valence-electron chi connectivity index (χ2n) is 3.78. The SMILES string of the molecule is O=C(O)c1[nH]cnc1C(=O)N1CCCCC1. The summed E-state index contributed by atoms with van der Waals surface area (Å²) in [7, 11) is 0. The first-order valence-electron chi connectivity index (χ1n) is 5.26. The van der Waals surface area contributed by atoms with Crippen molar-refractivity contribution in [3.05, 3.63) is 17.7 Å². The van der Waals surface area contributed by atoms with Crippen molar-refractivity contribution < 1.29 is 14.7 Å². The minimum absolute atomic E-state index is 0.00870. The molecule has 0 aromatic carbocycles. The van der Waals surface area contributed by atoms with Crippen LogP contribution in [0.15, 0.2) is 6.33 Å². The zero-order valence-corrected chi connectivity index (χ0v) is 8.77. The first-order chi connectivity index (χ1) is 7.70. The summed E-state index contributed by atoms with van der Waals surface area (Å²) < 4.78 is 0. The fourth-order valence-electron chi connectivity index (χ4n) is 1.87. The van der Waals surface area contributed by atoms with E-state index >= 15 is 0 Å². The van der Waals surface area contributed by atoms with Crippen LogP contribution in [0.1, 0.15) is 40.2 Å². The van der Waals surface area contributed by atoms with E-state index in [-0.39, 0.29) is 17.3 Å². The minimum atomic E-state index is -1.15. The Labute approximate surface area is 92.3 Å². The van der Waals surface area contributed by atoms with Gasteiger partial charge in [-0.1, -0.05) is 0 Å². The molecule has 1 aromatic rings. The van der Waals surface area contributed by atoms with Gasteiger partial charge in [0.15, 0.2) is 11.4 Å². The summed E-state index contributed by atoms with van der Waals surface area (Å²) in [5.41, 5.74) is -0.120. The number of aromatic amines is 1. The molecule has 1 saturated heterocycles. The summed E-state index contributed by atoms with van der Waals surface area (Å²) in [6, 6.07) is 0. The molecule has 6 nitrogen and oxygen atoms in total. The van der Waals surface area contributed by atoms with Crippen molar-refractivity contribution in [3.8, 4) is 0 Å². The van der Waals surface area contributed by atoms with Crippen molar-refractivity contribution in [2.75, 3.05) is 13.1 Å². The van der Waals surface area contributed by atoms with Gasteiger partial charge in [0.25, 0.3) is 5.91 Å². The maximum Gasteiger partial charge on any atom is 0.354 e. The number of carboxylic acid groups (broad SMARTS) is 1. The summed E-state index contributed by atoms with van der Waals surface area (Å²) in [6.07, 6.45) is 4.30. The van der Waals surface area contributed by atoms with E-state index in [1.807, 2.05) is 0 Å². The standard InChI is InChI=1S/C10H13N3O3/c14-9(13-4-2-1-3-5-13)7-8(10(15)16)12-6-11-7/h6H,1-5H2,(H,11,12)(H,15,16). The van der Waals surface area contributed by atoms with Gasteiger partial charge in [0.2, 0.25) is 0 Å². The molecule has 86 valence electrons. The van der Waals surface area contributed by atoms with E-state index in [4.69, 9.17) is 5.11 Å². The molecule has 2 N–H and O–H groups in total. The maximum absolute atomic E-state index is 12.0. The van der Waals surface area contributed by atoms with Gasteiger partial charge in [-0.15, -0.1) is 0 Å². The van der Waals surface area contributed by atoms with Crippen LogP contribution < -0.4 is 0 Å². The summed E-state index contributed by atoms with van der Waals surface area (Å²) in [5, 5.41) is 8.86. The molecule has 2 heterocycles. The molecule has 1 aliphatic rings. The van der Waals surface area contributed by atoms with Crippen molar-refractivity contribution in [1.82, 2.24) is 14.9 Å². The molecule has 0 radical (unpaired) electrons. The normalized spacial score (nSPS) is 16.1. The Bertz CT molecular complexity index is 407. The Balaban J connectivity index is 2.19. The third-order valence-corrected chi connectivity index (χ3v) is 2.70. The van der Waals surface area contributed by atoms with Crippen LogP contribution in [0.5, 0.6) is 0 Å². The monoisotopic (exact) mass is 223 g/mol. The molecule has 1 amide bonds. The number of imidazole rings is 1. The number of rotatable bonds is 2. The molecule has 0 aliphatic carbocycles. The van der Waals surface area contributed by atoms with Crippen LogP contribution in [0.4, 0.5) is 0 Å². The highest BCUT2D eigenvalue weighted by Crippen LogP contribution is 2.13. The van der Waals surface area contributed by atoms with Crippen LogP contribution in [0.3, 0.4) is 0 Å². The summed E-state index contributed by atoms with van der Waals surface area (Å²) >= 11 is 0. The minimum Gasteiger partial charge on any atom is -0.477 e. The molecule has 1 aromatic heterocycles. The lowest BCUT2D eigenvalue weighted by Gasteiger charge is -2.25. The third kappa shape index (κ3) is 1.91. The van der Waals surface area contributed by atoms with Gasteiger partial charge >= 0.3 is 5.97 Å². The second-order valence-corrected chi connectivity index (χ2v) is 3.78. The number of carbonyl (C=O) groups excluding carboxylic acids is 1. The average Bonchev–Trinajstić information content (AvgIpc) is 2.78. The van der Waals surface area contributed by atoms with Gasteiger partial charge in [-0.25, -0.2) is 9.78 Å². The molecule has 1 fully saturated rings. The van der Waals surface area contributed by atoms with E-state index in [9.17, 15) is 9.59 Å². The smallest absolute Gasteiger partial charge is 0.354 e. The average molecular weight is 223 g/mol. The highest BCUT2D eigenvalue weighted by molar-refractivity contribution is 6.02. The quantitative estimate of drug-likeness (QED) is 0.774. The van der Waals surface area contributed by atoms with Gasteiger partial charge < -0.3 is 15.0 Å². The van der Waals surface area contributed by atoms with Crippen molar-refractivity contribution in [3.63, 3.8) is 0 Å². The maximum atomic E-state index is 12.0.